The Balaban J connectivity index is 1.47. The van der Waals surface area contributed by atoms with E-state index in [1.54, 1.807) is 36.7 Å². The molecule has 1 heterocycles. The molecule has 0 saturated carbocycles. The molecule has 0 aliphatic heterocycles. The van der Waals surface area contributed by atoms with Crippen LogP contribution < -0.4 is 15.4 Å². The zero-order valence-corrected chi connectivity index (χ0v) is 21.2. The zero-order valence-electron chi connectivity index (χ0n) is 19.6. The van der Waals surface area contributed by atoms with E-state index in [1.165, 1.54) is 17.3 Å². The zero-order chi connectivity index (χ0) is 24.7. The highest BCUT2D eigenvalue weighted by Gasteiger charge is 2.17. The molecule has 2 amide bonds. The van der Waals surface area contributed by atoms with Crippen molar-refractivity contribution in [2.75, 3.05) is 11.1 Å². The van der Waals surface area contributed by atoms with E-state index >= 15 is 0 Å². The second-order valence-corrected chi connectivity index (χ2v) is 9.11. The second-order valence-electron chi connectivity index (χ2n) is 7.73. The van der Waals surface area contributed by atoms with Gasteiger partial charge >= 0.3 is 0 Å². The molecule has 1 aromatic heterocycles. The van der Waals surface area contributed by atoms with Crippen LogP contribution in [0.25, 0.3) is 0 Å². The number of hydrogen-bond donors (Lipinski definition) is 2. The van der Waals surface area contributed by atoms with Crippen LogP contribution in [0, 0.1) is 6.92 Å². The quantitative estimate of drug-likeness (QED) is 0.405. The Morgan fingerprint density at radius 1 is 1.18 bits per heavy atom. The Kier molecular flexibility index (Phi) is 8.95. The first-order chi connectivity index (χ1) is 16.3. The highest BCUT2D eigenvalue weighted by molar-refractivity contribution is 7.99. The largest absolute Gasteiger partial charge is 0.481 e. The summed E-state index contributed by atoms with van der Waals surface area (Å²) in [7, 11) is 1.79. The van der Waals surface area contributed by atoms with Gasteiger partial charge < -0.3 is 19.9 Å². The maximum atomic E-state index is 12.4. The van der Waals surface area contributed by atoms with Crippen LogP contribution in [-0.4, -0.2) is 38.4 Å². The molecule has 1 atom stereocenters. The molecular formula is C24H28ClN5O3S. The summed E-state index contributed by atoms with van der Waals surface area (Å²) in [5.41, 5.74) is 2.81. The van der Waals surface area contributed by atoms with Crippen LogP contribution in [-0.2, 0) is 29.6 Å². The molecule has 0 fully saturated rings. The van der Waals surface area contributed by atoms with Gasteiger partial charge in [0, 0.05) is 17.8 Å². The first-order valence-electron chi connectivity index (χ1n) is 10.9. The topological polar surface area (TPSA) is 98.1 Å². The molecule has 10 heteroatoms. The van der Waals surface area contributed by atoms with Gasteiger partial charge in [-0.25, -0.2) is 0 Å². The Hall–Kier alpha value is -3.04. The minimum atomic E-state index is -0.658. The lowest BCUT2D eigenvalue weighted by molar-refractivity contribution is -0.127. The van der Waals surface area contributed by atoms with E-state index in [-0.39, 0.29) is 24.1 Å². The van der Waals surface area contributed by atoms with Crippen LogP contribution >= 0.6 is 23.4 Å². The van der Waals surface area contributed by atoms with Crippen molar-refractivity contribution in [3.8, 4) is 5.75 Å². The van der Waals surface area contributed by atoms with Gasteiger partial charge in [0.05, 0.1) is 12.3 Å². The van der Waals surface area contributed by atoms with Crippen molar-refractivity contribution in [2.45, 2.75) is 45.0 Å². The van der Waals surface area contributed by atoms with Crippen molar-refractivity contribution in [3.05, 3.63) is 64.4 Å². The van der Waals surface area contributed by atoms with Crippen molar-refractivity contribution in [3.63, 3.8) is 0 Å². The summed E-state index contributed by atoms with van der Waals surface area (Å²) in [6.45, 7) is 5.86. The predicted octanol–water partition coefficient (Wildman–Crippen LogP) is 4.15. The number of nitrogens with zero attached hydrogens (tertiary/aromatic N) is 3. The van der Waals surface area contributed by atoms with Gasteiger partial charge in [0.1, 0.15) is 5.75 Å². The summed E-state index contributed by atoms with van der Waals surface area (Å²) in [5.74, 6) is 0.969. The van der Waals surface area contributed by atoms with Crippen LogP contribution in [0.4, 0.5) is 5.69 Å². The van der Waals surface area contributed by atoms with Crippen molar-refractivity contribution in [1.82, 2.24) is 20.1 Å². The molecule has 34 heavy (non-hydrogen) atoms. The van der Waals surface area contributed by atoms with E-state index in [9.17, 15) is 9.59 Å². The van der Waals surface area contributed by atoms with E-state index in [4.69, 9.17) is 16.3 Å². The molecule has 8 nitrogen and oxygen atoms in total. The molecule has 0 aliphatic rings. The van der Waals surface area contributed by atoms with Crippen LogP contribution in [0.2, 0.25) is 5.02 Å². The number of benzene rings is 2. The summed E-state index contributed by atoms with van der Waals surface area (Å²) in [5, 5.41) is 15.1. The molecule has 3 rings (SSSR count). The van der Waals surface area contributed by atoms with Crippen LogP contribution in [0.15, 0.2) is 47.6 Å². The number of rotatable bonds is 10. The number of aryl methyl sites for hydroxylation is 2. The second kappa shape index (κ2) is 11.9. The number of amides is 2. The number of carbonyl (C=O) groups excluding carboxylic acids is 2. The fourth-order valence-electron chi connectivity index (χ4n) is 3.08. The molecule has 0 radical (unpaired) electrons. The molecule has 2 N–H and O–H groups in total. The number of aromatic nitrogens is 3. The van der Waals surface area contributed by atoms with E-state index in [0.29, 0.717) is 27.4 Å². The Labute approximate surface area is 208 Å². The molecule has 0 spiro atoms. The van der Waals surface area contributed by atoms with Gasteiger partial charge in [-0.05, 0) is 61.7 Å². The Morgan fingerprint density at radius 3 is 2.59 bits per heavy atom. The van der Waals surface area contributed by atoms with E-state index in [0.717, 1.165) is 12.0 Å². The fourth-order valence-corrected chi connectivity index (χ4v) is 4.04. The van der Waals surface area contributed by atoms with Crippen molar-refractivity contribution in [2.24, 2.45) is 7.05 Å². The maximum Gasteiger partial charge on any atom is 0.261 e. The molecule has 0 bridgehead atoms. The molecular weight excluding hydrogens is 474 g/mol. The number of nitrogens with one attached hydrogen (secondary N) is 2. The monoisotopic (exact) mass is 501 g/mol. The number of carbonyl (C=O) groups is 2. The van der Waals surface area contributed by atoms with Crippen LogP contribution in [0.3, 0.4) is 0 Å². The SMILES string of the molecule is CCc1ccc(O[C@H](C)C(=O)NCc2nnc(SCC(=O)Nc3ccc(Cl)cc3C)n2C)cc1. The summed E-state index contributed by atoms with van der Waals surface area (Å²) in [4.78, 5) is 24.8. The van der Waals surface area contributed by atoms with Crippen molar-refractivity contribution < 1.29 is 14.3 Å². The lowest BCUT2D eigenvalue weighted by atomic mass is 10.2. The molecule has 3 aromatic rings. The minimum absolute atomic E-state index is 0.161. The van der Waals surface area contributed by atoms with E-state index in [2.05, 4.69) is 27.8 Å². The third-order valence-corrected chi connectivity index (χ3v) is 6.41. The average molecular weight is 502 g/mol. The van der Waals surface area contributed by atoms with Gasteiger partial charge in [-0.3, -0.25) is 9.59 Å². The normalized spacial score (nSPS) is 11.7. The molecule has 2 aromatic carbocycles. The lowest BCUT2D eigenvalue weighted by Gasteiger charge is -2.15. The molecule has 180 valence electrons. The number of anilines is 1. The van der Waals surface area contributed by atoms with Crippen LogP contribution in [0.1, 0.15) is 30.8 Å². The third-order valence-electron chi connectivity index (χ3n) is 5.15. The lowest BCUT2D eigenvalue weighted by Crippen LogP contribution is -2.36. The number of hydrogen-bond acceptors (Lipinski definition) is 6. The Bertz CT molecular complexity index is 1150. The van der Waals surface area contributed by atoms with E-state index < -0.39 is 6.10 Å². The predicted molar refractivity (Wildman–Crippen MR) is 134 cm³/mol. The summed E-state index contributed by atoms with van der Waals surface area (Å²) in [6, 6.07) is 13.0. The van der Waals surface area contributed by atoms with Gasteiger partial charge in [0.15, 0.2) is 17.1 Å². The molecule has 0 saturated heterocycles. The van der Waals surface area contributed by atoms with Crippen molar-refractivity contribution in [1.29, 1.82) is 0 Å². The first-order valence-corrected chi connectivity index (χ1v) is 12.2. The van der Waals surface area contributed by atoms with Gasteiger partial charge in [0.25, 0.3) is 5.91 Å². The molecule has 0 unspecified atom stereocenters. The number of thioether (sulfide) groups is 1. The maximum absolute atomic E-state index is 12.4. The Morgan fingerprint density at radius 2 is 1.91 bits per heavy atom. The summed E-state index contributed by atoms with van der Waals surface area (Å²) >= 11 is 7.22. The van der Waals surface area contributed by atoms with Gasteiger partial charge in [-0.2, -0.15) is 0 Å². The van der Waals surface area contributed by atoms with E-state index in [1.807, 2.05) is 31.2 Å². The van der Waals surface area contributed by atoms with Gasteiger partial charge in [-0.1, -0.05) is 42.4 Å². The minimum Gasteiger partial charge on any atom is -0.481 e. The fraction of sp³-hybridized carbons (Fsp3) is 0.333. The standard InChI is InChI=1S/C24H28ClN5O3S/c1-5-17-6-9-19(10-7-17)33-16(3)23(32)26-13-21-28-29-24(30(21)4)34-14-22(31)27-20-11-8-18(25)12-15(20)2/h6-12,16H,5,13-14H2,1-4H3,(H,26,32)(H,27,31)/t16-/m1/s1. The molecule has 0 aliphatic carbocycles. The smallest absolute Gasteiger partial charge is 0.261 e. The van der Waals surface area contributed by atoms with Gasteiger partial charge in [-0.15, -0.1) is 10.2 Å². The average Bonchev–Trinajstić information content (AvgIpc) is 3.17. The highest BCUT2D eigenvalue weighted by atomic mass is 35.5. The highest BCUT2D eigenvalue weighted by Crippen LogP contribution is 2.21. The van der Waals surface area contributed by atoms with Crippen LogP contribution in [0.5, 0.6) is 5.75 Å². The third kappa shape index (κ3) is 6.98. The summed E-state index contributed by atoms with van der Waals surface area (Å²) < 4.78 is 7.47. The number of halogens is 1. The van der Waals surface area contributed by atoms with Gasteiger partial charge in [0.2, 0.25) is 5.91 Å². The number of ether oxygens (including phenoxy) is 1. The summed E-state index contributed by atoms with van der Waals surface area (Å²) in [6.07, 6.45) is 0.288. The first kappa shape index (κ1) is 25.6. The van der Waals surface area contributed by atoms with Crippen molar-refractivity contribution >= 4 is 40.9 Å².